The van der Waals surface area contributed by atoms with Crippen molar-refractivity contribution in [1.82, 2.24) is 10.3 Å². The van der Waals surface area contributed by atoms with Gasteiger partial charge in [-0.3, -0.25) is 0 Å². The quantitative estimate of drug-likeness (QED) is 0.663. The van der Waals surface area contributed by atoms with Gasteiger partial charge in [-0.2, -0.15) is 0 Å². The Morgan fingerprint density at radius 3 is 2.73 bits per heavy atom. The molecule has 0 radical (unpaired) electrons. The van der Waals surface area contributed by atoms with Gasteiger partial charge in [0, 0.05) is 18.3 Å². The molecule has 0 aromatic carbocycles. The van der Waals surface area contributed by atoms with E-state index < -0.39 is 10.0 Å². The molecule has 1 atom stereocenters. The number of pyridine rings is 1. The van der Waals surface area contributed by atoms with Crippen LogP contribution in [0.1, 0.15) is 39.5 Å². The van der Waals surface area contributed by atoms with Crippen molar-refractivity contribution in [2.24, 2.45) is 11.1 Å². The largest absolute Gasteiger partial charge is 0.370 e. The number of rotatable bonds is 7. The summed E-state index contributed by atoms with van der Waals surface area (Å²) in [6.45, 7) is 6.47. The summed E-state index contributed by atoms with van der Waals surface area (Å²) in [5, 5.41) is 11.8. The van der Waals surface area contributed by atoms with Crippen molar-refractivity contribution in [3.8, 4) is 0 Å². The van der Waals surface area contributed by atoms with Gasteiger partial charge in [0.05, 0.1) is 0 Å². The third kappa shape index (κ3) is 5.23. The fourth-order valence-electron chi connectivity index (χ4n) is 2.92. The molecule has 1 unspecified atom stereocenters. The molecule has 22 heavy (non-hydrogen) atoms. The van der Waals surface area contributed by atoms with Crippen LogP contribution in [-0.4, -0.2) is 32.0 Å². The summed E-state index contributed by atoms with van der Waals surface area (Å²) >= 11 is 0. The normalized spacial score (nSPS) is 21.0. The van der Waals surface area contributed by atoms with Crippen LogP contribution in [0, 0.1) is 5.92 Å². The van der Waals surface area contributed by atoms with E-state index >= 15 is 0 Å². The zero-order valence-electron chi connectivity index (χ0n) is 13.3. The number of nitrogens with two attached hydrogens (primary N) is 1. The second kappa shape index (κ2) is 6.93. The van der Waals surface area contributed by atoms with E-state index in [9.17, 15) is 8.42 Å². The first-order chi connectivity index (χ1) is 10.3. The maximum atomic E-state index is 11.1. The fourth-order valence-corrected chi connectivity index (χ4v) is 3.38. The van der Waals surface area contributed by atoms with Gasteiger partial charge < -0.3 is 10.6 Å². The zero-order chi connectivity index (χ0) is 16.2. The summed E-state index contributed by atoms with van der Waals surface area (Å²) < 4.78 is 22.3. The molecule has 4 N–H and O–H groups in total. The maximum absolute atomic E-state index is 11.1. The molecule has 1 fully saturated rings. The Morgan fingerprint density at radius 1 is 1.41 bits per heavy atom. The minimum absolute atomic E-state index is 0.0365. The summed E-state index contributed by atoms with van der Waals surface area (Å²) in [7, 11) is -3.66. The number of nitrogens with zero attached hydrogens (tertiary/aromatic N) is 1. The third-order valence-corrected chi connectivity index (χ3v) is 4.98. The number of sulfonamides is 1. The van der Waals surface area contributed by atoms with Crippen molar-refractivity contribution in [3.63, 3.8) is 0 Å². The molecule has 1 aromatic heterocycles. The molecule has 0 saturated carbocycles. The fraction of sp³-hybridized carbons (Fsp3) is 0.667. The van der Waals surface area contributed by atoms with Gasteiger partial charge in [-0.15, -0.1) is 0 Å². The monoisotopic (exact) mass is 326 g/mol. The van der Waals surface area contributed by atoms with Crippen LogP contribution in [0.2, 0.25) is 0 Å². The first-order valence-corrected chi connectivity index (χ1v) is 9.29. The SMILES string of the molecule is CC1(C)CC(CCCCNc2ccc(S(N)(=O)=O)cn2)CN1. The molecule has 0 bridgehead atoms. The Balaban J connectivity index is 1.65. The molecule has 6 nitrogen and oxygen atoms in total. The van der Waals surface area contributed by atoms with Crippen LogP contribution in [0.4, 0.5) is 5.82 Å². The van der Waals surface area contributed by atoms with Gasteiger partial charge in [-0.05, 0) is 57.7 Å². The second-order valence-corrected chi connectivity index (χ2v) is 8.24. The van der Waals surface area contributed by atoms with Crippen LogP contribution in [0.5, 0.6) is 0 Å². The van der Waals surface area contributed by atoms with E-state index in [0.29, 0.717) is 5.82 Å². The molecule has 1 aromatic rings. The predicted molar refractivity (Wildman–Crippen MR) is 88.1 cm³/mol. The lowest BCUT2D eigenvalue weighted by Crippen LogP contribution is -2.31. The minimum Gasteiger partial charge on any atom is -0.370 e. The van der Waals surface area contributed by atoms with Crippen LogP contribution >= 0.6 is 0 Å². The van der Waals surface area contributed by atoms with Crippen LogP contribution in [-0.2, 0) is 10.0 Å². The molecule has 2 rings (SSSR count). The van der Waals surface area contributed by atoms with Crippen LogP contribution < -0.4 is 15.8 Å². The Labute approximate surface area is 132 Å². The number of primary sulfonamides is 1. The number of hydrogen-bond donors (Lipinski definition) is 3. The van der Waals surface area contributed by atoms with E-state index in [1.165, 1.54) is 31.5 Å². The summed E-state index contributed by atoms with van der Waals surface area (Å²) in [5.41, 5.74) is 0.290. The standard InChI is InChI=1S/C15H26N4O2S/c1-15(2)9-12(10-19-15)5-3-4-8-17-14-7-6-13(11-18-14)22(16,20)21/h6-7,11-12,19H,3-5,8-10H2,1-2H3,(H,17,18)(H2,16,20,21). The van der Waals surface area contributed by atoms with E-state index in [2.05, 4.69) is 29.5 Å². The van der Waals surface area contributed by atoms with Crippen molar-refractivity contribution in [3.05, 3.63) is 18.3 Å². The highest BCUT2D eigenvalue weighted by Gasteiger charge is 2.29. The third-order valence-electron chi connectivity index (χ3n) is 4.08. The molecular formula is C15H26N4O2S. The molecule has 0 aliphatic carbocycles. The van der Waals surface area contributed by atoms with Gasteiger partial charge in [0.25, 0.3) is 0 Å². The summed E-state index contributed by atoms with van der Waals surface area (Å²) in [5.74, 6) is 1.46. The number of anilines is 1. The average molecular weight is 326 g/mol. The Bertz CT molecular complexity index is 584. The van der Waals surface area contributed by atoms with Gasteiger partial charge in [-0.25, -0.2) is 18.5 Å². The van der Waals surface area contributed by atoms with Crippen LogP contribution in [0.25, 0.3) is 0 Å². The molecular weight excluding hydrogens is 300 g/mol. The molecule has 124 valence electrons. The molecule has 7 heteroatoms. The van der Waals surface area contributed by atoms with Crippen molar-refractivity contribution < 1.29 is 8.42 Å². The molecule has 2 heterocycles. The van der Waals surface area contributed by atoms with Crippen molar-refractivity contribution in [2.75, 3.05) is 18.4 Å². The average Bonchev–Trinajstić information content (AvgIpc) is 2.77. The van der Waals surface area contributed by atoms with Gasteiger partial charge in [0.15, 0.2) is 0 Å². The molecule has 1 aliphatic rings. The Hall–Kier alpha value is -1.18. The van der Waals surface area contributed by atoms with Crippen molar-refractivity contribution >= 4 is 15.8 Å². The molecule has 0 amide bonds. The lowest BCUT2D eigenvalue weighted by molar-refractivity contribution is 0.426. The summed E-state index contributed by atoms with van der Waals surface area (Å²) in [6.07, 6.45) is 6.04. The van der Waals surface area contributed by atoms with Gasteiger partial charge in [0.1, 0.15) is 10.7 Å². The van der Waals surface area contributed by atoms with Gasteiger partial charge in [-0.1, -0.05) is 6.42 Å². The Morgan fingerprint density at radius 2 is 2.18 bits per heavy atom. The minimum atomic E-state index is -3.66. The molecule has 1 saturated heterocycles. The summed E-state index contributed by atoms with van der Waals surface area (Å²) in [6, 6.07) is 3.11. The van der Waals surface area contributed by atoms with Gasteiger partial charge in [0.2, 0.25) is 10.0 Å². The van der Waals surface area contributed by atoms with Crippen molar-refractivity contribution in [2.45, 2.75) is 50.0 Å². The zero-order valence-corrected chi connectivity index (χ0v) is 14.1. The van der Waals surface area contributed by atoms with E-state index in [1.807, 2.05) is 0 Å². The lowest BCUT2D eigenvalue weighted by atomic mass is 9.93. The maximum Gasteiger partial charge on any atom is 0.239 e. The smallest absolute Gasteiger partial charge is 0.239 e. The van der Waals surface area contributed by atoms with E-state index in [1.54, 1.807) is 6.07 Å². The molecule has 0 spiro atoms. The number of unbranched alkanes of at least 4 members (excludes halogenated alkanes) is 1. The predicted octanol–water partition coefficient (Wildman–Crippen LogP) is 1.70. The van der Waals surface area contributed by atoms with Crippen molar-refractivity contribution in [1.29, 1.82) is 0 Å². The van der Waals surface area contributed by atoms with E-state index in [4.69, 9.17) is 5.14 Å². The lowest BCUT2D eigenvalue weighted by Gasteiger charge is -2.17. The number of hydrogen-bond acceptors (Lipinski definition) is 5. The van der Waals surface area contributed by atoms with E-state index in [0.717, 1.165) is 25.4 Å². The second-order valence-electron chi connectivity index (χ2n) is 6.68. The molecule has 1 aliphatic heterocycles. The first-order valence-electron chi connectivity index (χ1n) is 7.74. The highest BCUT2D eigenvalue weighted by molar-refractivity contribution is 7.89. The van der Waals surface area contributed by atoms with Gasteiger partial charge >= 0.3 is 0 Å². The highest BCUT2D eigenvalue weighted by Crippen LogP contribution is 2.26. The summed E-state index contributed by atoms with van der Waals surface area (Å²) in [4.78, 5) is 4.10. The van der Waals surface area contributed by atoms with E-state index in [-0.39, 0.29) is 10.4 Å². The van der Waals surface area contributed by atoms with Crippen LogP contribution in [0.15, 0.2) is 23.2 Å². The number of nitrogens with one attached hydrogen (secondary N) is 2. The first kappa shape index (κ1) is 17.2. The number of aromatic nitrogens is 1. The highest BCUT2D eigenvalue weighted by atomic mass is 32.2. The van der Waals surface area contributed by atoms with Crippen LogP contribution in [0.3, 0.4) is 0 Å². The topological polar surface area (TPSA) is 97.1 Å². The Kier molecular flexibility index (Phi) is 5.41.